The van der Waals surface area contributed by atoms with Gasteiger partial charge in [0.1, 0.15) is 11.5 Å². The molecule has 0 aliphatic heterocycles. The minimum absolute atomic E-state index is 0.0484. The molecule has 8 heteroatoms. The van der Waals surface area contributed by atoms with Gasteiger partial charge in [0.05, 0.1) is 0 Å². The molecule has 1 amide bonds. The molecule has 5 nitrogen and oxygen atoms in total. The molecule has 0 bridgehead atoms. The summed E-state index contributed by atoms with van der Waals surface area (Å²) in [5.74, 6) is -0.232. The van der Waals surface area contributed by atoms with E-state index >= 15 is 0 Å². The number of nitrogens with zero attached hydrogens (tertiary/aromatic N) is 1. The summed E-state index contributed by atoms with van der Waals surface area (Å²) in [6.07, 6.45) is -4.25. The second kappa shape index (κ2) is 8.86. The van der Waals surface area contributed by atoms with Gasteiger partial charge in [-0.1, -0.05) is 12.1 Å². The van der Waals surface area contributed by atoms with Crippen LogP contribution in [0.2, 0.25) is 0 Å². The van der Waals surface area contributed by atoms with Crippen LogP contribution < -0.4 is 10.1 Å². The molecule has 0 saturated carbocycles. The van der Waals surface area contributed by atoms with Gasteiger partial charge >= 0.3 is 6.18 Å². The topological polar surface area (TPSA) is 68.3 Å². The summed E-state index contributed by atoms with van der Waals surface area (Å²) < 4.78 is 41.5. The number of Topliss-reactive ketones (excluding diaryl/α,β-unsaturated/α-hetero) is 1. The van der Waals surface area contributed by atoms with Gasteiger partial charge in [-0.25, -0.2) is 0 Å². The number of benzene rings is 1. The zero-order valence-electron chi connectivity index (χ0n) is 15.8. The molecule has 0 saturated heterocycles. The van der Waals surface area contributed by atoms with Crippen LogP contribution in [-0.2, 0) is 17.8 Å². The van der Waals surface area contributed by atoms with Crippen molar-refractivity contribution in [3.8, 4) is 5.75 Å². The van der Waals surface area contributed by atoms with Gasteiger partial charge in [-0.3, -0.25) is 14.6 Å². The van der Waals surface area contributed by atoms with Gasteiger partial charge in [0, 0.05) is 29.9 Å². The van der Waals surface area contributed by atoms with Gasteiger partial charge in [-0.2, -0.15) is 13.2 Å². The maximum atomic E-state index is 12.4. The molecule has 1 N–H and O–H groups in total. The van der Waals surface area contributed by atoms with E-state index < -0.39 is 12.8 Å². The molecule has 150 valence electrons. The average Bonchev–Trinajstić information content (AvgIpc) is 2.56. The van der Waals surface area contributed by atoms with Crippen LogP contribution >= 0.6 is 0 Å². The van der Waals surface area contributed by atoms with Crippen LogP contribution in [0.3, 0.4) is 0 Å². The first-order valence-corrected chi connectivity index (χ1v) is 8.58. The van der Waals surface area contributed by atoms with Crippen molar-refractivity contribution in [2.75, 3.05) is 6.61 Å². The van der Waals surface area contributed by atoms with Gasteiger partial charge in [-0.15, -0.1) is 0 Å². The van der Waals surface area contributed by atoms with E-state index in [9.17, 15) is 22.8 Å². The summed E-state index contributed by atoms with van der Waals surface area (Å²) in [6.45, 7) is 3.67. The van der Waals surface area contributed by atoms with Crippen LogP contribution in [0, 0.1) is 13.8 Å². The predicted octanol–water partition coefficient (Wildman–Crippen LogP) is 3.70. The molecule has 2 aromatic rings. The fourth-order valence-corrected chi connectivity index (χ4v) is 2.64. The molecule has 0 radical (unpaired) electrons. The Kier molecular flexibility index (Phi) is 6.77. The Labute approximate surface area is 160 Å². The quantitative estimate of drug-likeness (QED) is 0.778. The molecule has 0 unspecified atom stereocenters. The smallest absolute Gasteiger partial charge is 0.422 e. The van der Waals surface area contributed by atoms with E-state index in [0.29, 0.717) is 22.5 Å². The third-order valence-electron chi connectivity index (χ3n) is 3.78. The number of alkyl halides is 3. The number of hydrogen-bond acceptors (Lipinski definition) is 4. The zero-order chi connectivity index (χ0) is 20.9. The number of carbonyl (C=O) groups excluding carboxylic acids is 2. The maximum Gasteiger partial charge on any atom is 0.422 e. The fraction of sp³-hybridized carbons (Fsp3) is 0.350. The van der Waals surface area contributed by atoms with Gasteiger partial charge in [-0.05, 0) is 50.1 Å². The van der Waals surface area contributed by atoms with Gasteiger partial charge < -0.3 is 10.1 Å². The molecule has 1 aromatic heterocycles. The van der Waals surface area contributed by atoms with E-state index in [1.165, 1.54) is 13.0 Å². The van der Waals surface area contributed by atoms with E-state index in [1.54, 1.807) is 38.1 Å². The fourth-order valence-electron chi connectivity index (χ4n) is 2.64. The highest BCUT2D eigenvalue weighted by Crippen LogP contribution is 2.23. The van der Waals surface area contributed by atoms with Crippen molar-refractivity contribution < 1.29 is 27.5 Å². The molecular weight excluding hydrogens is 373 g/mol. The van der Waals surface area contributed by atoms with E-state index in [-0.39, 0.29) is 30.4 Å². The van der Waals surface area contributed by atoms with Crippen molar-refractivity contribution in [2.45, 2.75) is 39.9 Å². The Morgan fingerprint density at radius 3 is 2.46 bits per heavy atom. The van der Waals surface area contributed by atoms with Gasteiger partial charge in [0.15, 0.2) is 6.61 Å². The first-order chi connectivity index (χ1) is 13.0. The van der Waals surface area contributed by atoms with Crippen molar-refractivity contribution in [2.24, 2.45) is 0 Å². The zero-order valence-corrected chi connectivity index (χ0v) is 15.8. The summed E-state index contributed by atoms with van der Waals surface area (Å²) in [6, 6.07) is 7.90. The van der Waals surface area contributed by atoms with E-state index in [1.807, 2.05) is 0 Å². The van der Waals surface area contributed by atoms with Crippen LogP contribution in [0.25, 0.3) is 0 Å². The Morgan fingerprint density at radius 1 is 1.14 bits per heavy atom. The summed E-state index contributed by atoms with van der Waals surface area (Å²) in [5, 5.41) is 2.75. The highest BCUT2D eigenvalue weighted by atomic mass is 19.4. The lowest BCUT2D eigenvalue weighted by atomic mass is 10.1. The number of nitrogens with one attached hydrogen (secondary N) is 1. The molecule has 1 heterocycles. The Bertz CT molecular complexity index is 879. The lowest BCUT2D eigenvalue weighted by Crippen LogP contribution is -2.23. The second-order valence-electron chi connectivity index (χ2n) is 6.55. The lowest BCUT2D eigenvalue weighted by molar-refractivity contribution is -0.153. The number of amides is 1. The number of carbonyl (C=O) groups is 2. The van der Waals surface area contributed by atoms with Gasteiger partial charge in [0.2, 0.25) is 0 Å². The molecule has 0 spiro atoms. The minimum Gasteiger partial charge on any atom is -0.484 e. The Morgan fingerprint density at radius 2 is 1.86 bits per heavy atom. The number of pyridine rings is 1. The summed E-state index contributed by atoms with van der Waals surface area (Å²) in [5.41, 5.74) is 2.82. The highest BCUT2D eigenvalue weighted by molar-refractivity contribution is 5.94. The van der Waals surface area contributed by atoms with Crippen LogP contribution in [0.5, 0.6) is 5.75 Å². The SMILES string of the molecule is CC(=O)Cc1cc(C(=O)NCc2ccc(OCC(F)(F)F)c(C)c2)cc(C)n1. The van der Waals surface area contributed by atoms with Crippen LogP contribution in [0.15, 0.2) is 30.3 Å². The van der Waals surface area contributed by atoms with Crippen molar-refractivity contribution in [3.63, 3.8) is 0 Å². The summed E-state index contributed by atoms with van der Waals surface area (Å²) in [7, 11) is 0. The second-order valence-corrected chi connectivity index (χ2v) is 6.55. The van der Waals surface area contributed by atoms with E-state index in [2.05, 4.69) is 10.3 Å². The lowest BCUT2D eigenvalue weighted by Gasteiger charge is -2.13. The van der Waals surface area contributed by atoms with Gasteiger partial charge in [0.25, 0.3) is 5.91 Å². The van der Waals surface area contributed by atoms with Crippen LogP contribution in [0.4, 0.5) is 13.2 Å². The van der Waals surface area contributed by atoms with Crippen LogP contribution in [0.1, 0.15) is 39.8 Å². The molecule has 1 aromatic carbocycles. The third-order valence-corrected chi connectivity index (χ3v) is 3.78. The predicted molar refractivity (Wildman–Crippen MR) is 97.3 cm³/mol. The standard InChI is InChI=1S/C20H21F3N2O3/c1-12-6-15(4-5-18(12)28-11-20(21,22)23)10-24-19(27)16-7-13(2)25-17(9-16)8-14(3)26/h4-7,9H,8,10-11H2,1-3H3,(H,24,27). The number of halogens is 3. The van der Waals surface area contributed by atoms with E-state index in [0.717, 1.165) is 5.56 Å². The number of ether oxygens (including phenoxy) is 1. The Hall–Kier alpha value is -2.90. The summed E-state index contributed by atoms with van der Waals surface area (Å²) in [4.78, 5) is 27.9. The molecule has 0 atom stereocenters. The number of aromatic nitrogens is 1. The number of rotatable bonds is 7. The third kappa shape index (κ3) is 6.68. The molecule has 0 aliphatic rings. The monoisotopic (exact) mass is 394 g/mol. The van der Waals surface area contributed by atoms with E-state index in [4.69, 9.17) is 4.74 Å². The van der Waals surface area contributed by atoms with Crippen molar-refractivity contribution >= 4 is 11.7 Å². The number of ketones is 1. The number of hydrogen-bond donors (Lipinski definition) is 1. The molecule has 28 heavy (non-hydrogen) atoms. The normalized spacial score (nSPS) is 11.2. The van der Waals surface area contributed by atoms with Crippen LogP contribution in [-0.4, -0.2) is 29.5 Å². The first-order valence-electron chi connectivity index (χ1n) is 8.58. The largest absolute Gasteiger partial charge is 0.484 e. The van der Waals surface area contributed by atoms with Crippen molar-refractivity contribution in [1.82, 2.24) is 10.3 Å². The highest BCUT2D eigenvalue weighted by Gasteiger charge is 2.28. The maximum absolute atomic E-state index is 12.4. The number of aryl methyl sites for hydroxylation is 2. The Balaban J connectivity index is 2.02. The molecule has 2 rings (SSSR count). The molecule has 0 fully saturated rings. The molecular formula is C20H21F3N2O3. The molecule has 0 aliphatic carbocycles. The first kappa shape index (κ1) is 21.4. The average molecular weight is 394 g/mol. The van der Waals surface area contributed by atoms with Crippen molar-refractivity contribution in [1.29, 1.82) is 0 Å². The minimum atomic E-state index is -4.40. The van der Waals surface area contributed by atoms with Crippen molar-refractivity contribution in [3.05, 3.63) is 58.4 Å². The summed E-state index contributed by atoms with van der Waals surface area (Å²) >= 11 is 0.